The third kappa shape index (κ3) is 3.67. The van der Waals surface area contributed by atoms with Crippen molar-refractivity contribution in [1.29, 1.82) is 0 Å². The monoisotopic (exact) mass is 349 g/mol. The predicted octanol–water partition coefficient (Wildman–Crippen LogP) is 2.64. The number of fused-ring (bicyclic) bond motifs is 1. The molecule has 3 nitrogen and oxygen atoms in total. The summed E-state index contributed by atoms with van der Waals surface area (Å²) < 4.78 is 0. The lowest BCUT2D eigenvalue weighted by molar-refractivity contribution is -0.919. The van der Waals surface area contributed by atoms with Crippen molar-refractivity contribution in [2.75, 3.05) is 13.1 Å². The van der Waals surface area contributed by atoms with Gasteiger partial charge >= 0.3 is 0 Å². The first-order valence-electron chi connectivity index (χ1n) is 8.46. The molecule has 0 saturated heterocycles. The summed E-state index contributed by atoms with van der Waals surface area (Å²) in [6, 6.07) is 7.20. The normalized spacial score (nSPS) is 20.5. The van der Waals surface area contributed by atoms with E-state index in [-0.39, 0.29) is 5.91 Å². The molecule has 1 aliphatic rings. The Morgan fingerprint density at radius 3 is 2.83 bits per heavy atom. The Balaban J connectivity index is 1.77. The van der Waals surface area contributed by atoms with Crippen LogP contribution in [0.25, 0.3) is 0 Å². The van der Waals surface area contributed by atoms with Crippen molar-refractivity contribution in [1.82, 2.24) is 5.32 Å². The van der Waals surface area contributed by atoms with Crippen molar-refractivity contribution in [3.63, 3.8) is 0 Å². The second-order valence-electron chi connectivity index (χ2n) is 6.16. The van der Waals surface area contributed by atoms with E-state index in [0.29, 0.717) is 18.6 Å². The highest BCUT2D eigenvalue weighted by atomic mass is 32.1. The van der Waals surface area contributed by atoms with E-state index in [0.717, 1.165) is 25.8 Å². The lowest BCUT2D eigenvalue weighted by atomic mass is 9.98. The molecule has 0 aromatic carbocycles. The molecule has 0 saturated carbocycles. The molecule has 3 rings (SSSR count). The molecule has 1 amide bonds. The fourth-order valence-electron chi connectivity index (χ4n) is 3.43. The van der Waals surface area contributed by atoms with Crippen LogP contribution in [0.1, 0.15) is 48.0 Å². The van der Waals surface area contributed by atoms with Crippen LogP contribution in [0, 0.1) is 0 Å². The van der Waals surface area contributed by atoms with E-state index in [4.69, 9.17) is 0 Å². The van der Waals surface area contributed by atoms with Crippen molar-refractivity contribution in [3.8, 4) is 0 Å². The van der Waals surface area contributed by atoms with Crippen LogP contribution in [0.2, 0.25) is 0 Å². The molecule has 1 unspecified atom stereocenters. The summed E-state index contributed by atoms with van der Waals surface area (Å²) in [4.78, 5) is 16.7. The van der Waals surface area contributed by atoms with Crippen LogP contribution in [0.3, 0.4) is 0 Å². The van der Waals surface area contributed by atoms with Gasteiger partial charge in [-0.2, -0.15) is 0 Å². The third-order valence-corrected chi connectivity index (χ3v) is 6.67. The SMILES string of the molecule is CCC(CC)NC(=O)C[NH+]1CCc2sccc2[C@H]1c1cccs1. The molecule has 2 aromatic rings. The zero-order chi connectivity index (χ0) is 16.2. The molecule has 1 aliphatic heterocycles. The molecule has 0 spiro atoms. The molecule has 2 aromatic heterocycles. The summed E-state index contributed by atoms with van der Waals surface area (Å²) in [5.74, 6) is 0.189. The Hall–Kier alpha value is -1.17. The smallest absolute Gasteiger partial charge is 0.275 e. The molecule has 124 valence electrons. The lowest BCUT2D eigenvalue weighted by Gasteiger charge is -2.32. The van der Waals surface area contributed by atoms with E-state index < -0.39 is 0 Å². The van der Waals surface area contributed by atoms with Gasteiger partial charge in [0.1, 0.15) is 6.04 Å². The third-order valence-electron chi connectivity index (χ3n) is 4.74. The Labute approximate surface area is 146 Å². The van der Waals surface area contributed by atoms with Gasteiger partial charge in [0.25, 0.3) is 5.91 Å². The zero-order valence-electron chi connectivity index (χ0n) is 13.8. The van der Waals surface area contributed by atoms with Crippen molar-refractivity contribution >= 4 is 28.6 Å². The minimum absolute atomic E-state index is 0.189. The van der Waals surface area contributed by atoms with Crippen LogP contribution in [-0.2, 0) is 11.2 Å². The zero-order valence-corrected chi connectivity index (χ0v) is 15.4. The molecule has 0 bridgehead atoms. The Kier molecular flexibility index (Phi) is 5.51. The number of carbonyl (C=O) groups is 1. The van der Waals surface area contributed by atoms with Crippen molar-refractivity contribution in [2.45, 2.75) is 45.2 Å². The van der Waals surface area contributed by atoms with Gasteiger partial charge in [0, 0.05) is 22.9 Å². The molecule has 3 heterocycles. The van der Waals surface area contributed by atoms with Crippen LogP contribution in [0.5, 0.6) is 0 Å². The standard InChI is InChI=1S/C18H24N2OS2/c1-3-13(4-2)19-17(21)12-20-9-7-15-14(8-11-23-15)18(20)16-6-5-10-22-16/h5-6,8,10-11,13,18H,3-4,7,9,12H2,1-2H3,(H,19,21)/p+1/t18-/m0/s1. The van der Waals surface area contributed by atoms with E-state index in [1.54, 1.807) is 11.3 Å². The fraction of sp³-hybridized carbons (Fsp3) is 0.500. The fourth-order valence-corrected chi connectivity index (χ4v) is 5.25. The van der Waals surface area contributed by atoms with Gasteiger partial charge in [-0.15, -0.1) is 22.7 Å². The number of carbonyl (C=O) groups excluding carboxylic acids is 1. The maximum atomic E-state index is 12.5. The number of amides is 1. The molecule has 0 aliphatic carbocycles. The summed E-state index contributed by atoms with van der Waals surface area (Å²) in [6.07, 6.45) is 3.09. The predicted molar refractivity (Wildman–Crippen MR) is 97.4 cm³/mol. The minimum atomic E-state index is 0.189. The van der Waals surface area contributed by atoms with E-state index >= 15 is 0 Å². The highest BCUT2D eigenvalue weighted by Gasteiger charge is 2.35. The van der Waals surface area contributed by atoms with Crippen molar-refractivity contribution in [2.24, 2.45) is 0 Å². The first-order valence-corrected chi connectivity index (χ1v) is 10.2. The van der Waals surface area contributed by atoms with Gasteiger partial charge < -0.3 is 10.2 Å². The number of thiophene rings is 2. The summed E-state index contributed by atoms with van der Waals surface area (Å²) in [5.41, 5.74) is 1.43. The van der Waals surface area contributed by atoms with E-state index in [2.05, 4.69) is 48.1 Å². The van der Waals surface area contributed by atoms with Gasteiger partial charge in [-0.3, -0.25) is 4.79 Å². The average Bonchev–Trinajstić information content (AvgIpc) is 3.23. The molecule has 0 fully saturated rings. The second-order valence-corrected chi connectivity index (χ2v) is 8.14. The Bertz CT molecular complexity index is 631. The molecule has 2 N–H and O–H groups in total. The summed E-state index contributed by atoms with van der Waals surface area (Å²) in [6.45, 7) is 5.86. The van der Waals surface area contributed by atoms with Gasteiger partial charge in [-0.25, -0.2) is 0 Å². The Morgan fingerprint density at radius 1 is 1.30 bits per heavy atom. The molecule has 23 heavy (non-hydrogen) atoms. The lowest BCUT2D eigenvalue weighted by Crippen LogP contribution is -3.14. The highest BCUT2D eigenvalue weighted by molar-refractivity contribution is 7.10. The molecule has 2 atom stereocenters. The van der Waals surface area contributed by atoms with E-state index in [9.17, 15) is 4.79 Å². The molecule has 0 radical (unpaired) electrons. The van der Waals surface area contributed by atoms with Crippen LogP contribution in [0.4, 0.5) is 0 Å². The van der Waals surface area contributed by atoms with Crippen molar-refractivity contribution < 1.29 is 9.69 Å². The van der Waals surface area contributed by atoms with Gasteiger partial charge in [-0.1, -0.05) is 19.9 Å². The summed E-state index contributed by atoms with van der Waals surface area (Å²) in [5, 5.41) is 7.52. The highest BCUT2D eigenvalue weighted by Crippen LogP contribution is 2.31. The second kappa shape index (κ2) is 7.60. The first-order chi connectivity index (χ1) is 11.2. The van der Waals surface area contributed by atoms with Gasteiger partial charge in [0.05, 0.1) is 11.4 Å². The van der Waals surface area contributed by atoms with Crippen LogP contribution < -0.4 is 10.2 Å². The average molecular weight is 350 g/mol. The largest absolute Gasteiger partial charge is 0.348 e. The van der Waals surface area contributed by atoms with Crippen LogP contribution >= 0.6 is 22.7 Å². The number of nitrogens with one attached hydrogen (secondary N) is 2. The molecule has 5 heteroatoms. The number of hydrogen-bond acceptors (Lipinski definition) is 3. The van der Waals surface area contributed by atoms with E-state index in [1.807, 2.05) is 11.3 Å². The molecular weight excluding hydrogens is 324 g/mol. The van der Waals surface area contributed by atoms with E-state index in [1.165, 1.54) is 20.2 Å². The van der Waals surface area contributed by atoms with Crippen LogP contribution in [0.15, 0.2) is 29.0 Å². The van der Waals surface area contributed by atoms with Gasteiger partial charge in [0.15, 0.2) is 6.54 Å². The number of quaternary nitrogens is 1. The topological polar surface area (TPSA) is 33.5 Å². The van der Waals surface area contributed by atoms with Gasteiger partial charge in [-0.05, 0) is 35.7 Å². The maximum absolute atomic E-state index is 12.5. The number of rotatable bonds is 6. The Morgan fingerprint density at radius 2 is 2.13 bits per heavy atom. The summed E-state index contributed by atoms with van der Waals surface area (Å²) in [7, 11) is 0. The quantitative estimate of drug-likeness (QED) is 0.826. The number of hydrogen-bond donors (Lipinski definition) is 2. The maximum Gasteiger partial charge on any atom is 0.275 e. The molecular formula is C18H25N2OS2+. The van der Waals surface area contributed by atoms with Crippen molar-refractivity contribution in [3.05, 3.63) is 44.3 Å². The minimum Gasteiger partial charge on any atom is -0.348 e. The first kappa shape index (κ1) is 16.7. The van der Waals surface area contributed by atoms with Gasteiger partial charge in [0.2, 0.25) is 0 Å². The van der Waals surface area contributed by atoms with Crippen LogP contribution in [-0.4, -0.2) is 25.0 Å². The summed E-state index contributed by atoms with van der Waals surface area (Å²) >= 11 is 3.66.